The Bertz CT molecular complexity index is 198. The maximum absolute atomic E-state index is 9.83. The van der Waals surface area contributed by atoms with Crippen LogP contribution in [0.3, 0.4) is 0 Å². The van der Waals surface area contributed by atoms with E-state index in [1.807, 2.05) is 0 Å². The van der Waals surface area contributed by atoms with E-state index < -0.39 is 24.8 Å². The van der Waals surface area contributed by atoms with Crippen molar-refractivity contribution < 1.29 is 50.5 Å². The van der Waals surface area contributed by atoms with E-state index in [-0.39, 0.29) is 32.6 Å². The fourth-order valence-corrected chi connectivity index (χ4v) is 0.407. The van der Waals surface area contributed by atoms with Crippen molar-refractivity contribution in [3.63, 3.8) is 0 Å². The SMILES string of the molecule is CC(=O)CC(=O)[O-].CC(=O)CC(=O)[O-].[Pt+2]. The minimum absolute atomic E-state index is 0. The van der Waals surface area contributed by atoms with Crippen LogP contribution in [0.4, 0.5) is 0 Å². The molecule has 6 nitrogen and oxygen atoms in total. The minimum Gasteiger partial charge on any atom is -0.550 e. The van der Waals surface area contributed by atoms with E-state index in [0.717, 1.165) is 0 Å². The first-order chi connectivity index (χ1) is 6.25. The number of carbonyl (C=O) groups excluding carboxylic acids is 4. The number of ketones is 2. The zero-order chi connectivity index (χ0) is 11.7. The quantitative estimate of drug-likeness (QED) is 0.482. The number of hydrogen-bond donors (Lipinski definition) is 0. The molecular formula is C8H10O6Pt. The predicted octanol–water partition coefficient (Wildman–Crippen LogP) is -2.57. The Morgan fingerprint density at radius 3 is 1.00 bits per heavy atom. The van der Waals surface area contributed by atoms with Crippen LogP contribution in [0.2, 0.25) is 0 Å². The molecule has 0 rings (SSSR count). The molecule has 0 spiro atoms. The zero-order valence-electron chi connectivity index (χ0n) is 8.18. The van der Waals surface area contributed by atoms with Crippen LogP contribution in [-0.2, 0) is 40.2 Å². The first-order valence-electron chi connectivity index (χ1n) is 3.64. The van der Waals surface area contributed by atoms with Gasteiger partial charge >= 0.3 is 21.1 Å². The second kappa shape index (κ2) is 11.0. The first kappa shape index (κ1) is 19.5. The Morgan fingerprint density at radius 1 is 0.800 bits per heavy atom. The molecule has 15 heavy (non-hydrogen) atoms. The van der Waals surface area contributed by atoms with Crippen LogP contribution in [0.1, 0.15) is 26.7 Å². The van der Waals surface area contributed by atoms with Gasteiger partial charge in [-0.1, -0.05) is 0 Å². The van der Waals surface area contributed by atoms with Gasteiger partial charge < -0.3 is 19.8 Å². The Balaban J connectivity index is -0.000000180. The molecule has 0 aromatic rings. The Kier molecular flexibility index (Phi) is 14.4. The normalized spacial score (nSPS) is 7.60. The molecule has 0 fully saturated rings. The van der Waals surface area contributed by atoms with Crippen LogP contribution in [0, 0.1) is 0 Å². The number of rotatable bonds is 4. The van der Waals surface area contributed by atoms with E-state index in [0.29, 0.717) is 0 Å². The largest absolute Gasteiger partial charge is 2.00 e. The molecule has 0 amide bonds. The molecule has 0 N–H and O–H groups in total. The molecule has 0 aliphatic heterocycles. The molecule has 0 bridgehead atoms. The van der Waals surface area contributed by atoms with Crippen molar-refractivity contribution in [2.75, 3.05) is 0 Å². The first-order valence-corrected chi connectivity index (χ1v) is 3.64. The number of aliphatic carboxylic acids is 2. The van der Waals surface area contributed by atoms with Crippen molar-refractivity contribution in [2.24, 2.45) is 0 Å². The Hall–Kier alpha value is -1.03. The fourth-order valence-electron chi connectivity index (χ4n) is 0.407. The molecule has 0 unspecified atom stereocenters. The van der Waals surface area contributed by atoms with E-state index in [1.165, 1.54) is 13.8 Å². The number of Topliss-reactive ketones (excluding diaryl/α,β-unsaturated/α-hetero) is 2. The van der Waals surface area contributed by atoms with E-state index in [4.69, 9.17) is 0 Å². The minimum atomic E-state index is -1.31. The third kappa shape index (κ3) is 32.1. The maximum Gasteiger partial charge on any atom is 2.00 e. The van der Waals surface area contributed by atoms with Gasteiger partial charge in [-0.3, -0.25) is 9.59 Å². The number of hydrogen-bond acceptors (Lipinski definition) is 6. The molecule has 0 aliphatic carbocycles. The molecule has 0 radical (unpaired) electrons. The second-order valence-corrected chi connectivity index (χ2v) is 2.50. The molecule has 0 aromatic carbocycles. The summed E-state index contributed by atoms with van der Waals surface area (Å²) < 4.78 is 0. The van der Waals surface area contributed by atoms with Crippen LogP contribution in [-0.4, -0.2) is 23.5 Å². The summed E-state index contributed by atoms with van der Waals surface area (Å²) >= 11 is 0. The van der Waals surface area contributed by atoms with Crippen LogP contribution in [0.25, 0.3) is 0 Å². The van der Waals surface area contributed by atoms with Gasteiger partial charge in [0, 0.05) is 24.8 Å². The monoisotopic (exact) mass is 397 g/mol. The summed E-state index contributed by atoms with van der Waals surface area (Å²) in [5.74, 6) is -3.37. The average Bonchev–Trinajstić information content (AvgIpc) is 1.79. The summed E-state index contributed by atoms with van der Waals surface area (Å²) in [6, 6.07) is 0. The van der Waals surface area contributed by atoms with E-state index in [9.17, 15) is 29.4 Å². The van der Waals surface area contributed by atoms with Gasteiger partial charge in [-0.2, -0.15) is 0 Å². The summed E-state index contributed by atoms with van der Waals surface area (Å²) in [6.45, 7) is 2.41. The van der Waals surface area contributed by atoms with Gasteiger partial charge in [-0.15, -0.1) is 0 Å². The maximum atomic E-state index is 9.83. The summed E-state index contributed by atoms with van der Waals surface area (Å²) in [7, 11) is 0. The van der Waals surface area contributed by atoms with Crippen molar-refractivity contribution in [3.8, 4) is 0 Å². The Labute approximate surface area is 101 Å². The number of carboxylic acid groups (broad SMARTS) is 2. The van der Waals surface area contributed by atoms with Gasteiger partial charge in [-0.25, -0.2) is 0 Å². The van der Waals surface area contributed by atoms with Gasteiger partial charge in [0.2, 0.25) is 0 Å². The number of carbonyl (C=O) groups is 4. The molecule has 0 saturated heterocycles. The predicted molar refractivity (Wildman–Crippen MR) is 40.6 cm³/mol. The van der Waals surface area contributed by atoms with Crippen LogP contribution in [0.15, 0.2) is 0 Å². The van der Waals surface area contributed by atoms with E-state index in [2.05, 4.69) is 0 Å². The van der Waals surface area contributed by atoms with Gasteiger partial charge in [0.05, 0.1) is 0 Å². The topological polar surface area (TPSA) is 114 Å². The van der Waals surface area contributed by atoms with Crippen molar-refractivity contribution in [1.29, 1.82) is 0 Å². The van der Waals surface area contributed by atoms with E-state index in [1.54, 1.807) is 0 Å². The standard InChI is InChI=1S/2C4H6O3.Pt/c2*1-3(5)2-4(6)7;/h2*2H2,1H3,(H,6,7);/q;;+2/p-2. The Morgan fingerprint density at radius 2 is 1.00 bits per heavy atom. The van der Waals surface area contributed by atoms with Crippen LogP contribution in [0.5, 0.6) is 0 Å². The fraction of sp³-hybridized carbons (Fsp3) is 0.500. The molecule has 88 valence electrons. The van der Waals surface area contributed by atoms with Crippen molar-refractivity contribution in [2.45, 2.75) is 26.7 Å². The number of carboxylic acids is 2. The smallest absolute Gasteiger partial charge is 0.550 e. The van der Waals surface area contributed by atoms with Crippen LogP contribution < -0.4 is 10.2 Å². The summed E-state index contributed by atoms with van der Waals surface area (Å²) in [6.07, 6.45) is -0.944. The van der Waals surface area contributed by atoms with Gasteiger partial charge in [0.1, 0.15) is 11.6 Å². The van der Waals surface area contributed by atoms with Crippen LogP contribution >= 0.6 is 0 Å². The molecule has 7 heteroatoms. The van der Waals surface area contributed by atoms with Crippen molar-refractivity contribution >= 4 is 23.5 Å². The van der Waals surface area contributed by atoms with Gasteiger partial charge in [0.15, 0.2) is 0 Å². The van der Waals surface area contributed by atoms with Gasteiger partial charge in [0.25, 0.3) is 0 Å². The van der Waals surface area contributed by atoms with E-state index >= 15 is 0 Å². The second-order valence-electron chi connectivity index (χ2n) is 2.50. The van der Waals surface area contributed by atoms with Crippen molar-refractivity contribution in [1.82, 2.24) is 0 Å². The van der Waals surface area contributed by atoms with Crippen molar-refractivity contribution in [3.05, 3.63) is 0 Å². The molecule has 0 aliphatic rings. The summed E-state index contributed by atoms with van der Waals surface area (Å²) in [5, 5.41) is 19.0. The summed E-state index contributed by atoms with van der Waals surface area (Å²) in [4.78, 5) is 38.6. The molecule has 0 atom stereocenters. The third-order valence-corrected chi connectivity index (χ3v) is 0.787. The third-order valence-electron chi connectivity index (χ3n) is 0.787. The molecular weight excluding hydrogens is 387 g/mol. The summed E-state index contributed by atoms with van der Waals surface area (Å²) in [5.41, 5.74) is 0. The molecule has 0 aromatic heterocycles. The molecule has 0 saturated carbocycles. The average molecular weight is 397 g/mol. The zero-order valence-corrected chi connectivity index (χ0v) is 10.5. The molecule has 0 heterocycles. The van der Waals surface area contributed by atoms with Gasteiger partial charge in [-0.05, 0) is 13.8 Å².